The lowest BCUT2D eigenvalue weighted by atomic mass is 10.1. The number of sulfonamides is 1. The molecule has 0 fully saturated rings. The molecule has 0 unspecified atom stereocenters. The molecule has 0 saturated carbocycles. The summed E-state index contributed by atoms with van der Waals surface area (Å²) in [4.78, 5) is 15.9. The molecule has 4 rings (SSSR count). The van der Waals surface area contributed by atoms with Crippen LogP contribution < -0.4 is 20.1 Å². The van der Waals surface area contributed by atoms with Gasteiger partial charge < -0.3 is 19.9 Å². The zero-order valence-electron chi connectivity index (χ0n) is 17.7. The van der Waals surface area contributed by atoms with Gasteiger partial charge in [0.1, 0.15) is 18.7 Å². The number of nitrogens with two attached hydrogens (primary N) is 1. The Hall–Kier alpha value is -3.01. The molecular formula is C20H23N7O3S2. The highest BCUT2D eigenvalue weighted by Gasteiger charge is 2.21. The largest absolute Gasteiger partial charge is 0.490 e. The maximum Gasteiger partial charge on any atom is 0.208 e. The van der Waals surface area contributed by atoms with Gasteiger partial charge in [-0.1, -0.05) is 17.7 Å². The summed E-state index contributed by atoms with van der Waals surface area (Å²) >= 11 is 1.39. The number of likely N-dealkylation sites (N-methyl/N-ethyl adjacent to an activating group) is 1. The first kappa shape index (κ1) is 22.2. The number of imidazole rings is 1. The lowest BCUT2D eigenvalue weighted by Gasteiger charge is -2.28. The first-order valence-corrected chi connectivity index (χ1v) is 12.6. The van der Waals surface area contributed by atoms with Crippen LogP contribution in [-0.2, 0) is 16.6 Å². The predicted molar refractivity (Wildman–Crippen MR) is 124 cm³/mol. The van der Waals surface area contributed by atoms with Gasteiger partial charge in [-0.05, 0) is 18.6 Å². The van der Waals surface area contributed by atoms with Crippen LogP contribution in [0.4, 0.5) is 11.5 Å². The number of hydrogen-bond acceptors (Lipinski definition) is 9. The number of nitrogens with zero attached hydrogens (tertiary/aromatic N) is 5. The van der Waals surface area contributed by atoms with E-state index < -0.39 is 10.0 Å². The van der Waals surface area contributed by atoms with Crippen molar-refractivity contribution in [2.75, 3.05) is 43.6 Å². The third kappa shape index (κ3) is 4.59. The van der Waals surface area contributed by atoms with Gasteiger partial charge in [-0.25, -0.2) is 28.1 Å². The molecule has 0 amide bonds. The van der Waals surface area contributed by atoms with Gasteiger partial charge in [0, 0.05) is 30.6 Å². The van der Waals surface area contributed by atoms with E-state index in [4.69, 9.17) is 16.9 Å². The molecule has 0 atom stereocenters. The number of nitrogens with one attached hydrogen (secondary N) is 1. The Labute approximate surface area is 190 Å². The molecular weight excluding hydrogens is 450 g/mol. The molecule has 0 aliphatic carbocycles. The fourth-order valence-corrected chi connectivity index (χ4v) is 4.91. The summed E-state index contributed by atoms with van der Waals surface area (Å²) < 4.78 is 33.0. The van der Waals surface area contributed by atoms with Crippen molar-refractivity contribution in [1.82, 2.24) is 24.2 Å². The standard InChI is InChI=1S/C20H23N7O3S2/c1-4-13-10-14-15(30-9-8-26(14)2)11-16(13)31-20-25-17-18(21)22-12-23-19(17)27(20)7-5-6-24-32(3,28)29/h1,10-12,24H,5-9H2,2-3H3,(H2,21,22,23). The first-order chi connectivity index (χ1) is 15.3. The van der Waals surface area contributed by atoms with Crippen LogP contribution in [-0.4, -0.2) is 60.9 Å². The zero-order chi connectivity index (χ0) is 22.9. The average molecular weight is 474 g/mol. The van der Waals surface area contributed by atoms with E-state index in [1.807, 2.05) is 23.7 Å². The maximum absolute atomic E-state index is 11.4. The summed E-state index contributed by atoms with van der Waals surface area (Å²) in [6.45, 7) is 2.16. The average Bonchev–Trinajstić information content (AvgIpc) is 3.09. The Morgan fingerprint density at radius 3 is 2.94 bits per heavy atom. The lowest BCUT2D eigenvalue weighted by molar-refractivity contribution is 0.310. The molecule has 3 aromatic rings. The minimum Gasteiger partial charge on any atom is -0.490 e. The molecule has 1 aliphatic heterocycles. The van der Waals surface area contributed by atoms with Crippen LogP contribution >= 0.6 is 11.8 Å². The zero-order valence-corrected chi connectivity index (χ0v) is 19.3. The van der Waals surface area contributed by atoms with E-state index in [1.165, 1.54) is 18.1 Å². The molecule has 0 saturated heterocycles. The van der Waals surface area contributed by atoms with Crippen molar-refractivity contribution in [2.45, 2.75) is 23.0 Å². The minimum absolute atomic E-state index is 0.275. The molecule has 0 spiro atoms. The fourth-order valence-electron chi connectivity index (χ4n) is 3.38. The van der Waals surface area contributed by atoms with Crippen LogP contribution in [0.2, 0.25) is 0 Å². The van der Waals surface area contributed by atoms with Crippen LogP contribution in [0.5, 0.6) is 5.75 Å². The van der Waals surface area contributed by atoms with Crippen LogP contribution in [0, 0.1) is 12.3 Å². The van der Waals surface area contributed by atoms with Crippen molar-refractivity contribution in [3.8, 4) is 18.1 Å². The monoisotopic (exact) mass is 473 g/mol. The van der Waals surface area contributed by atoms with Crippen LogP contribution in [0.1, 0.15) is 12.0 Å². The molecule has 1 aliphatic rings. The van der Waals surface area contributed by atoms with Gasteiger partial charge in [0.05, 0.1) is 18.5 Å². The van der Waals surface area contributed by atoms with E-state index in [9.17, 15) is 8.42 Å². The molecule has 0 radical (unpaired) electrons. The van der Waals surface area contributed by atoms with Crippen LogP contribution in [0.25, 0.3) is 11.2 Å². The molecule has 2 aromatic heterocycles. The van der Waals surface area contributed by atoms with E-state index in [0.717, 1.165) is 34.7 Å². The normalized spacial score (nSPS) is 13.6. The molecule has 168 valence electrons. The highest BCUT2D eigenvalue weighted by Crippen LogP contribution is 2.40. The van der Waals surface area contributed by atoms with E-state index in [1.54, 1.807) is 0 Å². The van der Waals surface area contributed by atoms with Crippen molar-refractivity contribution in [3.05, 3.63) is 24.0 Å². The lowest BCUT2D eigenvalue weighted by Crippen LogP contribution is -2.28. The Kier molecular flexibility index (Phi) is 6.14. The number of fused-ring (bicyclic) bond motifs is 2. The molecule has 1 aromatic carbocycles. The smallest absolute Gasteiger partial charge is 0.208 e. The Morgan fingerprint density at radius 1 is 1.38 bits per heavy atom. The maximum atomic E-state index is 11.4. The van der Waals surface area contributed by atoms with Crippen molar-refractivity contribution in [1.29, 1.82) is 0 Å². The predicted octanol–water partition coefficient (Wildman–Crippen LogP) is 1.31. The molecule has 32 heavy (non-hydrogen) atoms. The highest BCUT2D eigenvalue weighted by atomic mass is 32.2. The number of terminal acetylenes is 1. The van der Waals surface area contributed by atoms with Gasteiger partial charge in [0.2, 0.25) is 10.0 Å². The van der Waals surface area contributed by atoms with E-state index in [0.29, 0.717) is 35.9 Å². The number of rotatable bonds is 7. The SMILES string of the molecule is C#Cc1cc2c(cc1Sc1nc3c(N)ncnc3n1CCCNS(C)(=O)=O)OCCN2C. The van der Waals surface area contributed by atoms with Crippen molar-refractivity contribution in [2.24, 2.45) is 0 Å². The summed E-state index contributed by atoms with van der Waals surface area (Å²) in [7, 11) is -1.26. The van der Waals surface area contributed by atoms with Gasteiger partial charge in [0.15, 0.2) is 22.1 Å². The number of aryl methyl sites for hydroxylation is 1. The van der Waals surface area contributed by atoms with E-state index in [-0.39, 0.29) is 12.4 Å². The third-order valence-electron chi connectivity index (χ3n) is 4.96. The number of nitrogen functional groups attached to an aromatic ring is 1. The van der Waals surface area contributed by atoms with Crippen LogP contribution in [0.15, 0.2) is 28.5 Å². The van der Waals surface area contributed by atoms with Gasteiger partial charge in [-0.3, -0.25) is 0 Å². The van der Waals surface area contributed by atoms with Gasteiger partial charge in [-0.15, -0.1) is 6.42 Å². The second kappa shape index (κ2) is 8.85. The Balaban J connectivity index is 1.70. The quantitative estimate of drug-likeness (QED) is 0.385. The fraction of sp³-hybridized carbons (Fsp3) is 0.350. The number of ether oxygens (including phenoxy) is 1. The van der Waals surface area contributed by atoms with E-state index in [2.05, 4.69) is 30.5 Å². The van der Waals surface area contributed by atoms with Gasteiger partial charge >= 0.3 is 0 Å². The summed E-state index contributed by atoms with van der Waals surface area (Å²) in [5.74, 6) is 3.79. The second-order valence-electron chi connectivity index (χ2n) is 7.33. The number of anilines is 2. The summed E-state index contributed by atoms with van der Waals surface area (Å²) in [5, 5.41) is 0.632. The molecule has 12 heteroatoms. The van der Waals surface area contributed by atoms with Gasteiger partial charge in [0.25, 0.3) is 0 Å². The molecule has 10 nitrogen and oxygen atoms in total. The number of aromatic nitrogens is 4. The first-order valence-electron chi connectivity index (χ1n) is 9.84. The molecule has 3 heterocycles. The summed E-state index contributed by atoms with van der Waals surface area (Å²) in [5.41, 5.74) is 8.76. The molecule has 0 bridgehead atoms. The second-order valence-corrected chi connectivity index (χ2v) is 10.2. The summed E-state index contributed by atoms with van der Waals surface area (Å²) in [6, 6.07) is 3.86. The van der Waals surface area contributed by atoms with E-state index >= 15 is 0 Å². The van der Waals surface area contributed by atoms with Crippen molar-refractivity contribution in [3.63, 3.8) is 0 Å². The molecule has 3 N–H and O–H groups in total. The van der Waals surface area contributed by atoms with Gasteiger partial charge in [-0.2, -0.15) is 0 Å². The topological polar surface area (TPSA) is 128 Å². The van der Waals surface area contributed by atoms with Crippen molar-refractivity contribution >= 4 is 44.5 Å². The number of benzene rings is 1. The number of hydrogen-bond donors (Lipinski definition) is 2. The Morgan fingerprint density at radius 2 is 2.19 bits per heavy atom. The Bertz CT molecular complexity index is 1310. The highest BCUT2D eigenvalue weighted by molar-refractivity contribution is 7.99. The minimum atomic E-state index is -3.26. The summed E-state index contributed by atoms with van der Waals surface area (Å²) in [6.07, 6.45) is 8.85. The van der Waals surface area contributed by atoms with Crippen LogP contribution in [0.3, 0.4) is 0 Å². The third-order valence-corrected chi connectivity index (χ3v) is 6.74. The van der Waals surface area contributed by atoms with Crippen molar-refractivity contribution < 1.29 is 13.2 Å².